The minimum Gasteiger partial charge on any atom is -0.501 e. The van der Waals surface area contributed by atoms with Crippen molar-refractivity contribution in [2.45, 2.75) is 12.5 Å². The Morgan fingerprint density at radius 1 is 1.69 bits per heavy atom. The van der Waals surface area contributed by atoms with Crippen LogP contribution >= 0.6 is 0 Å². The Hall–Kier alpha value is -1.83. The highest BCUT2D eigenvalue weighted by atomic mass is 16.5. The number of hydrogen-bond donors (Lipinski definition) is 0. The fourth-order valence-corrected chi connectivity index (χ4v) is 1.37. The van der Waals surface area contributed by atoms with E-state index in [0.29, 0.717) is 6.42 Å². The number of nitrogens with zero attached hydrogens (tertiary/aromatic N) is 4. The third-order valence-corrected chi connectivity index (χ3v) is 2.09. The van der Waals surface area contributed by atoms with Gasteiger partial charge in [-0.3, -0.25) is 0 Å². The summed E-state index contributed by atoms with van der Waals surface area (Å²) in [6.07, 6.45) is 6.29. The molecule has 1 heterocycles. The van der Waals surface area contributed by atoms with Gasteiger partial charge in [-0.25, -0.2) is 0 Å². The summed E-state index contributed by atoms with van der Waals surface area (Å²) >= 11 is 0. The lowest BCUT2D eigenvalue weighted by Crippen LogP contribution is -2.25. The number of hydrogen-bond acceptors (Lipinski definition) is 5. The maximum atomic E-state index is 8.70. The molecule has 0 radical (unpaired) electrons. The predicted octanol–water partition coefficient (Wildman–Crippen LogP) is 1.34. The van der Waals surface area contributed by atoms with E-state index in [1.54, 1.807) is 7.11 Å². The molecule has 0 bridgehead atoms. The van der Waals surface area contributed by atoms with Crippen LogP contribution in [0.5, 0.6) is 0 Å². The molecule has 1 aliphatic heterocycles. The third-order valence-electron chi connectivity index (χ3n) is 2.09. The number of fused-ring (bicyclic) bond motifs is 1. The molecule has 5 nitrogen and oxygen atoms in total. The van der Waals surface area contributed by atoms with Gasteiger partial charge in [-0.05, 0) is 12.2 Å². The van der Waals surface area contributed by atoms with E-state index in [2.05, 4.69) is 10.3 Å². The van der Waals surface area contributed by atoms with Gasteiger partial charge in [0.05, 0.1) is 18.6 Å². The van der Waals surface area contributed by atoms with E-state index in [9.17, 15) is 0 Å². The first kappa shape index (κ1) is 7.80. The Labute approximate surface area is 75.6 Å². The lowest BCUT2D eigenvalue weighted by atomic mass is 10.0. The van der Waals surface area contributed by atoms with E-state index in [1.807, 2.05) is 18.3 Å². The zero-order valence-corrected chi connectivity index (χ0v) is 7.14. The standard InChI is InChI=1S/C8H8N4O/c1-13-6-2-3-7-8(4-6)12(5-9)11-10-7/h2-3,8H,4H2,1H3. The van der Waals surface area contributed by atoms with Crippen molar-refractivity contribution in [3.05, 3.63) is 23.6 Å². The van der Waals surface area contributed by atoms with Crippen LogP contribution in [0.3, 0.4) is 0 Å². The summed E-state index contributed by atoms with van der Waals surface area (Å²) in [5.41, 5.74) is 0.822. The summed E-state index contributed by atoms with van der Waals surface area (Å²) in [7, 11) is 1.62. The van der Waals surface area contributed by atoms with E-state index in [1.165, 1.54) is 5.01 Å². The largest absolute Gasteiger partial charge is 0.501 e. The van der Waals surface area contributed by atoms with Gasteiger partial charge in [-0.1, -0.05) is 5.22 Å². The number of rotatable bonds is 1. The van der Waals surface area contributed by atoms with E-state index >= 15 is 0 Å². The molecular weight excluding hydrogens is 168 g/mol. The minimum atomic E-state index is -0.0649. The molecule has 5 heteroatoms. The maximum absolute atomic E-state index is 8.70. The fraction of sp³-hybridized carbons (Fsp3) is 0.375. The molecule has 0 spiro atoms. The SMILES string of the molecule is COC1=CC=C2N=NN(C#N)C2C1. The molecule has 0 aromatic rings. The Morgan fingerprint density at radius 2 is 2.54 bits per heavy atom. The molecule has 66 valence electrons. The molecule has 0 saturated carbocycles. The fourth-order valence-electron chi connectivity index (χ4n) is 1.37. The average molecular weight is 176 g/mol. The molecule has 1 unspecified atom stereocenters. The summed E-state index contributed by atoms with van der Waals surface area (Å²) in [4.78, 5) is 0. The van der Waals surface area contributed by atoms with Crippen molar-refractivity contribution >= 4 is 0 Å². The second-order valence-electron chi connectivity index (χ2n) is 2.78. The first-order valence-electron chi connectivity index (χ1n) is 3.90. The summed E-state index contributed by atoms with van der Waals surface area (Å²) in [6.45, 7) is 0. The molecule has 0 N–H and O–H groups in total. The van der Waals surface area contributed by atoms with Crippen molar-refractivity contribution in [2.75, 3.05) is 7.11 Å². The van der Waals surface area contributed by atoms with Crippen LogP contribution in [0, 0.1) is 11.5 Å². The van der Waals surface area contributed by atoms with Gasteiger partial charge in [0.25, 0.3) is 0 Å². The first-order valence-corrected chi connectivity index (χ1v) is 3.90. The Kier molecular flexibility index (Phi) is 1.74. The minimum absolute atomic E-state index is 0.0649. The molecule has 2 rings (SSSR count). The molecule has 1 aliphatic carbocycles. The highest BCUT2D eigenvalue weighted by Crippen LogP contribution is 2.29. The molecule has 1 atom stereocenters. The molecule has 13 heavy (non-hydrogen) atoms. The van der Waals surface area contributed by atoms with Crippen molar-refractivity contribution in [1.82, 2.24) is 5.01 Å². The normalized spacial score (nSPS) is 24.6. The van der Waals surface area contributed by atoms with Crippen LogP contribution in [0.1, 0.15) is 6.42 Å². The van der Waals surface area contributed by atoms with E-state index in [-0.39, 0.29) is 6.04 Å². The lowest BCUT2D eigenvalue weighted by molar-refractivity contribution is 0.245. The Bertz CT molecular complexity index is 350. The molecule has 2 aliphatic rings. The molecule has 0 aromatic carbocycles. The van der Waals surface area contributed by atoms with Crippen molar-refractivity contribution in [2.24, 2.45) is 10.3 Å². The van der Waals surface area contributed by atoms with Gasteiger partial charge in [-0.15, -0.1) is 5.11 Å². The molecule has 0 fully saturated rings. The Balaban J connectivity index is 2.24. The van der Waals surface area contributed by atoms with Crippen molar-refractivity contribution in [1.29, 1.82) is 5.26 Å². The third kappa shape index (κ3) is 1.16. The summed E-state index contributed by atoms with van der Waals surface area (Å²) in [6, 6.07) is -0.0649. The monoisotopic (exact) mass is 176 g/mol. The van der Waals surface area contributed by atoms with Crippen LogP contribution in [0.15, 0.2) is 33.9 Å². The van der Waals surface area contributed by atoms with Crippen LogP contribution in [0.4, 0.5) is 0 Å². The zero-order chi connectivity index (χ0) is 9.26. The van der Waals surface area contributed by atoms with Gasteiger partial charge in [0.15, 0.2) is 0 Å². The highest BCUT2D eigenvalue weighted by Gasteiger charge is 2.30. The van der Waals surface area contributed by atoms with Crippen LogP contribution in [-0.4, -0.2) is 18.2 Å². The smallest absolute Gasteiger partial charge is 0.203 e. The van der Waals surface area contributed by atoms with E-state index in [4.69, 9.17) is 10.00 Å². The Morgan fingerprint density at radius 3 is 3.23 bits per heavy atom. The van der Waals surface area contributed by atoms with Crippen LogP contribution in [-0.2, 0) is 4.74 Å². The van der Waals surface area contributed by atoms with Crippen LogP contribution in [0.2, 0.25) is 0 Å². The second kappa shape index (κ2) is 2.90. The molecule has 0 amide bonds. The molecule has 0 saturated heterocycles. The summed E-state index contributed by atoms with van der Waals surface area (Å²) in [5.74, 6) is 0.848. The maximum Gasteiger partial charge on any atom is 0.203 e. The number of allylic oxidation sites excluding steroid dienone is 2. The van der Waals surface area contributed by atoms with Gasteiger partial charge in [0.2, 0.25) is 6.19 Å². The van der Waals surface area contributed by atoms with Gasteiger partial charge in [-0.2, -0.15) is 10.3 Å². The predicted molar refractivity (Wildman–Crippen MR) is 43.9 cm³/mol. The van der Waals surface area contributed by atoms with Crippen LogP contribution in [0.25, 0.3) is 0 Å². The first-order chi connectivity index (χ1) is 6.35. The molecule has 0 aromatic heterocycles. The van der Waals surface area contributed by atoms with Crippen molar-refractivity contribution < 1.29 is 4.74 Å². The topological polar surface area (TPSA) is 61.0 Å². The van der Waals surface area contributed by atoms with Gasteiger partial charge >= 0.3 is 0 Å². The van der Waals surface area contributed by atoms with Crippen molar-refractivity contribution in [3.63, 3.8) is 0 Å². The van der Waals surface area contributed by atoms with Gasteiger partial charge in [0.1, 0.15) is 6.04 Å². The highest BCUT2D eigenvalue weighted by molar-refractivity contribution is 5.27. The van der Waals surface area contributed by atoms with E-state index < -0.39 is 0 Å². The molecular formula is C8H8N4O. The zero-order valence-electron chi connectivity index (χ0n) is 7.14. The van der Waals surface area contributed by atoms with Gasteiger partial charge < -0.3 is 4.74 Å². The van der Waals surface area contributed by atoms with Crippen LogP contribution < -0.4 is 0 Å². The lowest BCUT2D eigenvalue weighted by Gasteiger charge is -2.18. The van der Waals surface area contributed by atoms with Gasteiger partial charge in [0, 0.05) is 6.42 Å². The van der Waals surface area contributed by atoms with Crippen molar-refractivity contribution in [3.8, 4) is 6.19 Å². The number of nitriles is 1. The van der Waals surface area contributed by atoms with E-state index in [0.717, 1.165) is 11.5 Å². The average Bonchev–Trinajstić information content (AvgIpc) is 2.59. The second-order valence-corrected chi connectivity index (χ2v) is 2.78. The quantitative estimate of drug-likeness (QED) is 0.566. The summed E-state index contributed by atoms with van der Waals surface area (Å²) in [5, 5.41) is 17.6. The number of methoxy groups -OCH3 is 1. The number of ether oxygens (including phenoxy) is 1. The summed E-state index contributed by atoms with van der Waals surface area (Å²) < 4.78 is 5.09.